The predicted molar refractivity (Wildman–Crippen MR) is 130 cm³/mol. The van der Waals surface area contributed by atoms with Crippen molar-refractivity contribution >= 4 is 17.6 Å². The standard InChI is InChI=1S/C27H36N2O6/c1-6-21(31)34-16-27(32)23-26(19-10-9-18(33-5)15-20(19)28(23)4)12-14-29-13-8-11-25(7-2,22(26)29)24(27)35-17(3)30/h8-11,15,22-24,32H,6-7,12-14,16H2,1-5H3/t22-,23+,24+,25+,26+,27?/m0/s1. The van der Waals surface area contributed by atoms with Gasteiger partial charge in [-0.15, -0.1) is 0 Å². The maximum Gasteiger partial charge on any atom is 0.305 e. The zero-order chi connectivity index (χ0) is 25.2. The number of hydrogen-bond acceptors (Lipinski definition) is 8. The van der Waals surface area contributed by atoms with E-state index >= 15 is 0 Å². The molecule has 1 aliphatic carbocycles. The Bertz CT molecular complexity index is 1070. The van der Waals surface area contributed by atoms with Crippen LogP contribution >= 0.6 is 0 Å². The molecular formula is C27H36N2O6. The summed E-state index contributed by atoms with van der Waals surface area (Å²) in [7, 11) is 3.61. The van der Waals surface area contributed by atoms with E-state index in [1.807, 2.05) is 19.2 Å². The van der Waals surface area contributed by atoms with Gasteiger partial charge in [0.15, 0.2) is 5.60 Å². The van der Waals surface area contributed by atoms with Crippen LogP contribution in [-0.4, -0.2) is 79.6 Å². The van der Waals surface area contributed by atoms with Gasteiger partial charge in [0.05, 0.1) is 13.2 Å². The van der Waals surface area contributed by atoms with Gasteiger partial charge in [-0.05, 0) is 31.0 Å². The van der Waals surface area contributed by atoms with Gasteiger partial charge >= 0.3 is 11.9 Å². The normalized spacial score (nSPS) is 36.9. The van der Waals surface area contributed by atoms with Gasteiger partial charge in [-0.2, -0.15) is 0 Å². The summed E-state index contributed by atoms with van der Waals surface area (Å²) in [6, 6.07) is 5.66. The smallest absolute Gasteiger partial charge is 0.305 e. The minimum absolute atomic E-state index is 0.0126. The van der Waals surface area contributed by atoms with Crippen molar-refractivity contribution in [3.8, 4) is 5.75 Å². The Morgan fingerprint density at radius 1 is 1.23 bits per heavy atom. The lowest BCUT2D eigenvalue weighted by Gasteiger charge is -2.64. The molecule has 0 aromatic heterocycles. The van der Waals surface area contributed by atoms with E-state index in [1.165, 1.54) is 6.92 Å². The second-order valence-corrected chi connectivity index (χ2v) is 10.4. The molecule has 0 bridgehead atoms. The number of rotatable bonds is 6. The van der Waals surface area contributed by atoms with Crippen molar-refractivity contribution in [3.63, 3.8) is 0 Å². The van der Waals surface area contributed by atoms with Crippen LogP contribution in [0.1, 0.15) is 45.6 Å². The maximum atomic E-state index is 12.7. The molecule has 6 atom stereocenters. The molecule has 3 aliphatic heterocycles. The molecule has 3 heterocycles. The van der Waals surface area contributed by atoms with E-state index < -0.39 is 40.5 Å². The lowest BCUT2D eigenvalue weighted by Crippen LogP contribution is -2.80. The van der Waals surface area contributed by atoms with E-state index in [2.05, 4.69) is 34.9 Å². The molecule has 1 unspecified atom stereocenters. The van der Waals surface area contributed by atoms with Gasteiger partial charge in [-0.1, -0.05) is 32.1 Å². The second-order valence-electron chi connectivity index (χ2n) is 10.4. The predicted octanol–water partition coefficient (Wildman–Crippen LogP) is 2.42. The van der Waals surface area contributed by atoms with Gasteiger partial charge in [0.25, 0.3) is 0 Å². The molecule has 35 heavy (non-hydrogen) atoms. The topological polar surface area (TPSA) is 88.5 Å². The molecule has 1 N–H and O–H groups in total. The van der Waals surface area contributed by atoms with E-state index in [4.69, 9.17) is 14.2 Å². The third kappa shape index (κ3) is 3.05. The Balaban J connectivity index is 1.79. The quantitative estimate of drug-likeness (QED) is 0.487. The summed E-state index contributed by atoms with van der Waals surface area (Å²) in [6.07, 6.45) is 5.09. The first kappa shape index (κ1) is 24.1. The molecule has 0 radical (unpaired) electrons. The fourth-order valence-corrected chi connectivity index (χ4v) is 7.91. The highest BCUT2D eigenvalue weighted by atomic mass is 16.6. The lowest BCUT2D eigenvalue weighted by atomic mass is 9.48. The SMILES string of the molecule is CCC(=O)OCC1(O)[C@H](OC(C)=O)[C@]2(CC)C=CCN3CC[C@@]4(c5ccc(OC)cc5N(C)[C@@H]14)[C@@H]32. The summed E-state index contributed by atoms with van der Waals surface area (Å²) in [5.74, 6) is -0.115. The van der Waals surface area contributed by atoms with E-state index in [-0.39, 0.29) is 19.1 Å². The van der Waals surface area contributed by atoms with Crippen LogP contribution < -0.4 is 9.64 Å². The first-order valence-corrected chi connectivity index (χ1v) is 12.6. The minimum atomic E-state index is -1.64. The number of hydrogen-bond donors (Lipinski definition) is 1. The van der Waals surface area contributed by atoms with Gasteiger partial charge < -0.3 is 24.2 Å². The Hall–Kier alpha value is -2.58. The van der Waals surface area contributed by atoms with Crippen LogP contribution in [0.2, 0.25) is 0 Å². The molecular weight excluding hydrogens is 448 g/mol. The fraction of sp³-hybridized carbons (Fsp3) is 0.630. The van der Waals surface area contributed by atoms with Crippen molar-refractivity contribution in [1.29, 1.82) is 0 Å². The van der Waals surface area contributed by atoms with Gasteiger partial charge in [-0.25, -0.2) is 0 Å². The molecule has 2 fully saturated rings. The van der Waals surface area contributed by atoms with Gasteiger partial charge in [0.2, 0.25) is 0 Å². The highest BCUT2D eigenvalue weighted by Gasteiger charge is 2.78. The number of anilines is 1. The summed E-state index contributed by atoms with van der Waals surface area (Å²) in [5.41, 5.74) is -0.581. The second kappa shape index (κ2) is 8.23. The number of fused-ring (bicyclic) bond motifs is 1. The van der Waals surface area contributed by atoms with Crippen molar-refractivity contribution in [2.24, 2.45) is 5.41 Å². The summed E-state index contributed by atoms with van der Waals surface area (Å²) >= 11 is 0. The van der Waals surface area contributed by atoms with Crippen LogP contribution in [0.3, 0.4) is 0 Å². The molecule has 1 aromatic rings. The average molecular weight is 485 g/mol. The van der Waals surface area contributed by atoms with Gasteiger partial charge in [0.1, 0.15) is 18.5 Å². The molecule has 5 rings (SSSR count). The molecule has 8 nitrogen and oxygen atoms in total. The summed E-state index contributed by atoms with van der Waals surface area (Å²) in [4.78, 5) is 29.3. The van der Waals surface area contributed by atoms with Crippen molar-refractivity contribution in [1.82, 2.24) is 4.90 Å². The molecule has 1 spiro atoms. The van der Waals surface area contributed by atoms with Crippen LogP contribution in [0.25, 0.3) is 0 Å². The van der Waals surface area contributed by atoms with Crippen LogP contribution in [0.15, 0.2) is 30.4 Å². The summed E-state index contributed by atoms with van der Waals surface area (Å²) < 4.78 is 17.2. The number of nitrogens with zero attached hydrogens (tertiary/aromatic N) is 2. The van der Waals surface area contributed by atoms with Crippen molar-refractivity contribution in [3.05, 3.63) is 35.9 Å². The van der Waals surface area contributed by atoms with Crippen LogP contribution in [0.4, 0.5) is 5.69 Å². The largest absolute Gasteiger partial charge is 0.497 e. The zero-order valence-electron chi connectivity index (χ0n) is 21.2. The zero-order valence-corrected chi connectivity index (χ0v) is 21.2. The number of methoxy groups -OCH3 is 1. The van der Waals surface area contributed by atoms with Gasteiger partial charge in [0, 0.05) is 55.6 Å². The van der Waals surface area contributed by atoms with E-state index in [9.17, 15) is 14.7 Å². The van der Waals surface area contributed by atoms with Crippen molar-refractivity contribution in [2.75, 3.05) is 38.8 Å². The first-order valence-electron chi connectivity index (χ1n) is 12.6. The molecule has 8 heteroatoms. The fourth-order valence-electron chi connectivity index (χ4n) is 7.91. The number of ether oxygens (including phenoxy) is 3. The van der Waals surface area contributed by atoms with Crippen molar-refractivity contribution < 1.29 is 28.9 Å². The first-order chi connectivity index (χ1) is 16.7. The molecule has 190 valence electrons. The Labute approximate surface area is 206 Å². The van der Waals surface area contributed by atoms with E-state index in [0.717, 1.165) is 36.5 Å². The number of carbonyl (C=O) groups is 2. The third-order valence-corrected chi connectivity index (χ3v) is 8.97. The van der Waals surface area contributed by atoms with Gasteiger partial charge in [-0.3, -0.25) is 14.5 Å². The summed E-state index contributed by atoms with van der Waals surface area (Å²) in [5, 5.41) is 12.7. The van der Waals surface area contributed by atoms with E-state index in [0.29, 0.717) is 6.42 Å². The highest BCUT2D eigenvalue weighted by molar-refractivity contribution is 5.72. The molecule has 1 saturated heterocycles. The number of benzene rings is 1. The number of likely N-dealkylation sites (N-methyl/N-ethyl adjacent to an activating group) is 1. The molecule has 1 saturated carbocycles. The Morgan fingerprint density at radius 2 is 2.00 bits per heavy atom. The molecule has 0 amide bonds. The van der Waals surface area contributed by atoms with Crippen LogP contribution in [0, 0.1) is 5.41 Å². The maximum absolute atomic E-state index is 12.7. The summed E-state index contributed by atoms with van der Waals surface area (Å²) in [6.45, 7) is 6.62. The molecule has 4 aliphatic rings. The third-order valence-electron chi connectivity index (χ3n) is 8.97. The lowest BCUT2D eigenvalue weighted by molar-refractivity contribution is -0.232. The minimum Gasteiger partial charge on any atom is -0.497 e. The Kier molecular flexibility index (Phi) is 5.68. The van der Waals surface area contributed by atoms with E-state index in [1.54, 1.807) is 14.0 Å². The van der Waals surface area contributed by atoms with Crippen molar-refractivity contribution in [2.45, 2.75) is 69.2 Å². The number of carbonyl (C=O) groups excluding carboxylic acids is 2. The van der Waals surface area contributed by atoms with Crippen LogP contribution in [-0.2, 0) is 24.5 Å². The average Bonchev–Trinajstić information content (AvgIpc) is 3.36. The number of aliphatic hydroxyl groups is 1. The monoisotopic (exact) mass is 484 g/mol. The highest BCUT2D eigenvalue weighted by Crippen LogP contribution is 2.67. The molecule has 1 aromatic carbocycles. The Morgan fingerprint density at radius 3 is 2.66 bits per heavy atom. The number of esters is 2. The van der Waals surface area contributed by atoms with Crippen LogP contribution in [0.5, 0.6) is 5.75 Å².